The second-order valence-corrected chi connectivity index (χ2v) is 6.95. The molecule has 118 valence electrons. The fraction of sp³-hybridized carbons (Fsp3) is 0.364. The van der Waals surface area contributed by atoms with Gasteiger partial charge in [0, 0.05) is 0 Å². The summed E-state index contributed by atoms with van der Waals surface area (Å²) in [4.78, 5) is 0. The van der Waals surface area contributed by atoms with Crippen molar-refractivity contribution in [3.05, 3.63) is 59.7 Å². The molecule has 0 aromatic heterocycles. The Bertz CT molecular complexity index is 849. The van der Waals surface area contributed by atoms with E-state index in [0.717, 1.165) is 12.8 Å². The summed E-state index contributed by atoms with van der Waals surface area (Å²) in [6.07, 6.45) is 5.19. The zero-order valence-electron chi connectivity index (χ0n) is 13.8. The predicted octanol–water partition coefficient (Wildman–Crippen LogP) is 5.57. The Morgan fingerprint density at radius 2 is 1.78 bits per heavy atom. The van der Waals surface area contributed by atoms with E-state index in [2.05, 4.69) is 55.5 Å². The van der Waals surface area contributed by atoms with E-state index in [-0.39, 0.29) is 6.10 Å². The average molecular weight is 304 g/mol. The molecule has 3 aromatic rings. The van der Waals surface area contributed by atoms with Crippen molar-refractivity contribution in [1.29, 1.82) is 0 Å². The van der Waals surface area contributed by atoms with Crippen LogP contribution in [0.25, 0.3) is 21.5 Å². The molecule has 0 aliphatic heterocycles. The van der Waals surface area contributed by atoms with Gasteiger partial charge in [-0.15, -0.1) is 0 Å². The van der Waals surface area contributed by atoms with Crippen LogP contribution in [0.2, 0.25) is 0 Å². The van der Waals surface area contributed by atoms with Crippen LogP contribution in [0.3, 0.4) is 0 Å². The molecule has 0 amide bonds. The summed E-state index contributed by atoms with van der Waals surface area (Å²) in [5.41, 5.74) is 2.86. The molecule has 1 aliphatic rings. The Balaban J connectivity index is 1.91. The molecule has 0 spiro atoms. The van der Waals surface area contributed by atoms with Gasteiger partial charge in [-0.1, -0.05) is 68.3 Å². The van der Waals surface area contributed by atoms with Crippen LogP contribution in [0.15, 0.2) is 48.5 Å². The molecule has 2 atom stereocenters. The van der Waals surface area contributed by atoms with Gasteiger partial charge in [0.1, 0.15) is 0 Å². The lowest BCUT2D eigenvalue weighted by molar-refractivity contribution is 0.145. The third-order valence-electron chi connectivity index (χ3n) is 5.42. The first kappa shape index (κ1) is 14.7. The van der Waals surface area contributed by atoms with Crippen molar-refractivity contribution in [2.24, 2.45) is 0 Å². The van der Waals surface area contributed by atoms with Crippen LogP contribution in [0.1, 0.15) is 49.7 Å². The number of fused-ring (bicyclic) bond motifs is 5. The number of hydrogen-bond acceptors (Lipinski definition) is 1. The highest BCUT2D eigenvalue weighted by Crippen LogP contribution is 2.40. The molecule has 1 nitrogen and oxygen atoms in total. The molecule has 0 radical (unpaired) electrons. The maximum atomic E-state index is 10.4. The fourth-order valence-corrected chi connectivity index (χ4v) is 4.28. The quantitative estimate of drug-likeness (QED) is 0.627. The van der Waals surface area contributed by atoms with E-state index in [1.54, 1.807) is 0 Å². The fourth-order valence-electron chi connectivity index (χ4n) is 4.28. The van der Waals surface area contributed by atoms with Crippen molar-refractivity contribution in [2.45, 2.75) is 51.0 Å². The summed E-state index contributed by atoms with van der Waals surface area (Å²) >= 11 is 0. The van der Waals surface area contributed by atoms with Crippen LogP contribution >= 0.6 is 0 Å². The topological polar surface area (TPSA) is 20.2 Å². The van der Waals surface area contributed by atoms with Crippen LogP contribution in [0.5, 0.6) is 0 Å². The van der Waals surface area contributed by atoms with Crippen LogP contribution in [-0.4, -0.2) is 11.2 Å². The van der Waals surface area contributed by atoms with E-state index >= 15 is 0 Å². The Kier molecular flexibility index (Phi) is 3.82. The summed E-state index contributed by atoms with van der Waals surface area (Å²) in [7, 11) is 0. The van der Waals surface area contributed by atoms with Gasteiger partial charge in [0.2, 0.25) is 0 Å². The molecule has 1 aliphatic carbocycles. The minimum absolute atomic E-state index is 0.193. The van der Waals surface area contributed by atoms with Crippen molar-refractivity contribution in [3.63, 3.8) is 0 Å². The lowest BCUT2D eigenvalue weighted by Gasteiger charge is -2.30. The number of unbranched alkanes of at least 4 members (excludes halogenated alkanes) is 1. The number of rotatable bonds is 3. The molecule has 2 unspecified atom stereocenters. The Morgan fingerprint density at radius 1 is 0.957 bits per heavy atom. The first-order valence-electron chi connectivity index (χ1n) is 8.89. The highest BCUT2D eigenvalue weighted by Gasteiger charge is 2.26. The van der Waals surface area contributed by atoms with Crippen molar-refractivity contribution < 1.29 is 5.11 Å². The molecule has 0 bridgehead atoms. The largest absolute Gasteiger partial charge is 0.393 e. The highest BCUT2D eigenvalue weighted by atomic mass is 16.3. The molecule has 4 rings (SSSR count). The van der Waals surface area contributed by atoms with Crippen LogP contribution in [0, 0.1) is 0 Å². The van der Waals surface area contributed by atoms with Gasteiger partial charge >= 0.3 is 0 Å². The summed E-state index contributed by atoms with van der Waals surface area (Å²) in [6.45, 7) is 2.24. The first-order valence-corrected chi connectivity index (χ1v) is 8.89. The van der Waals surface area contributed by atoms with Gasteiger partial charge in [-0.3, -0.25) is 0 Å². The number of benzene rings is 3. The molecule has 23 heavy (non-hydrogen) atoms. The molecular weight excluding hydrogens is 280 g/mol. The van der Waals surface area contributed by atoms with Gasteiger partial charge in [0.25, 0.3) is 0 Å². The SMILES string of the molecule is CCCCC1CC(O)Cc2c1ccc1c2ccc2ccccc21. The van der Waals surface area contributed by atoms with E-state index in [0.29, 0.717) is 5.92 Å². The van der Waals surface area contributed by atoms with Gasteiger partial charge in [0.05, 0.1) is 6.10 Å². The van der Waals surface area contributed by atoms with Crippen molar-refractivity contribution in [1.82, 2.24) is 0 Å². The molecule has 1 N–H and O–H groups in total. The van der Waals surface area contributed by atoms with Gasteiger partial charge in [-0.05, 0) is 57.9 Å². The van der Waals surface area contributed by atoms with Crippen LogP contribution in [-0.2, 0) is 6.42 Å². The molecule has 0 saturated carbocycles. The van der Waals surface area contributed by atoms with E-state index in [9.17, 15) is 5.11 Å². The van der Waals surface area contributed by atoms with E-state index in [4.69, 9.17) is 0 Å². The van der Waals surface area contributed by atoms with Crippen molar-refractivity contribution in [2.75, 3.05) is 0 Å². The van der Waals surface area contributed by atoms with Gasteiger partial charge in [0.15, 0.2) is 0 Å². The standard InChI is InChI=1S/C22H24O/c1-2-3-6-16-13-17(23)14-22-19(16)11-12-20-18-8-5-4-7-15(18)9-10-21(20)22/h4-5,7-12,16-17,23H,2-3,6,13-14H2,1H3. The number of aliphatic hydroxyl groups excluding tert-OH is 1. The molecule has 1 heteroatoms. The Labute approximate surface area is 138 Å². The molecular formula is C22H24O. The zero-order chi connectivity index (χ0) is 15.8. The number of hydrogen-bond donors (Lipinski definition) is 1. The second kappa shape index (κ2) is 5.98. The molecule has 0 saturated heterocycles. The average Bonchev–Trinajstić information content (AvgIpc) is 2.59. The monoisotopic (exact) mass is 304 g/mol. The minimum Gasteiger partial charge on any atom is -0.393 e. The van der Waals surface area contributed by atoms with Gasteiger partial charge in [-0.2, -0.15) is 0 Å². The van der Waals surface area contributed by atoms with Crippen LogP contribution < -0.4 is 0 Å². The van der Waals surface area contributed by atoms with E-state index in [1.165, 1.54) is 51.9 Å². The maximum absolute atomic E-state index is 10.4. The van der Waals surface area contributed by atoms with E-state index < -0.39 is 0 Å². The van der Waals surface area contributed by atoms with Crippen molar-refractivity contribution in [3.8, 4) is 0 Å². The lowest BCUT2D eigenvalue weighted by atomic mass is 9.77. The predicted molar refractivity (Wildman–Crippen MR) is 98.0 cm³/mol. The normalized spacial score (nSPS) is 20.8. The maximum Gasteiger partial charge on any atom is 0.0586 e. The molecule has 0 heterocycles. The van der Waals surface area contributed by atoms with Crippen molar-refractivity contribution >= 4 is 21.5 Å². The summed E-state index contributed by atoms with van der Waals surface area (Å²) in [5.74, 6) is 0.518. The smallest absolute Gasteiger partial charge is 0.0586 e. The molecule has 0 fully saturated rings. The first-order chi connectivity index (χ1) is 11.3. The van der Waals surface area contributed by atoms with E-state index in [1.807, 2.05) is 0 Å². The minimum atomic E-state index is -0.193. The lowest BCUT2D eigenvalue weighted by Crippen LogP contribution is -2.23. The third-order valence-corrected chi connectivity index (χ3v) is 5.42. The van der Waals surface area contributed by atoms with Gasteiger partial charge in [-0.25, -0.2) is 0 Å². The third kappa shape index (κ3) is 2.53. The summed E-state index contributed by atoms with van der Waals surface area (Å²) < 4.78 is 0. The van der Waals surface area contributed by atoms with Gasteiger partial charge < -0.3 is 5.11 Å². The zero-order valence-corrected chi connectivity index (χ0v) is 13.8. The van der Waals surface area contributed by atoms with Crippen LogP contribution in [0.4, 0.5) is 0 Å². The molecule has 3 aromatic carbocycles. The second-order valence-electron chi connectivity index (χ2n) is 6.95. The highest BCUT2D eigenvalue weighted by molar-refractivity contribution is 6.08. The number of aliphatic hydroxyl groups is 1. The Hall–Kier alpha value is -1.86. The Morgan fingerprint density at radius 3 is 2.65 bits per heavy atom. The summed E-state index contributed by atoms with van der Waals surface area (Å²) in [6, 6.07) is 17.7. The summed E-state index contributed by atoms with van der Waals surface area (Å²) in [5, 5.41) is 15.7.